The lowest BCUT2D eigenvalue weighted by atomic mass is 10.1. The van der Waals surface area contributed by atoms with Gasteiger partial charge in [-0.2, -0.15) is 0 Å². The summed E-state index contributed by atoms with van der Waals surface area (Å²) in [6.07, 6.45) is 5.40. The average Bonchev–Trinajstić information content (AvgIpc) is 3.19. The molecule has 5 nitrogen and oxygen atoms in total. The molecule has 1 amide bonds. The summed E-state index contributed by atoms with van der Waals surface area (Å²) in [4.78, 5) is 18.5. The Morgan fingerprint density at radius 2 is 2.12 bits per heavy atom. The van der Waals surface area contributed by atoms with Gasteiger partial charge in [0.25, 0.3) is 0 Å². The van der Waals surface area contributed by atoms with E-state index in [1.165, 1.54) is 24.8 Å². The quantitative estimate of drug-likeness (QED) is 0.910. The number of oxazole rings is 1. The fraction of sp³-hybridized carbons (Fsp3) is 0.474. The van der Waals surface area contributed by atoms with Crippen LogP contribution in [0, 0.1) is 11.6 Å². The van der Waals surface area contributed by atoms with Gasteiger partial charge in [0.2, 0.25) is 5.91 Å². The zero-order chi connectivity index (χ0) is 18.1. The van der Waals surface area contributed by atoms with E-state index in [2.05, 4.69) is 10.3 Å². The highest BCUT2D eigenvalue weighted by atomic mass is 19.1. The van der Waals surface area contributed by atoms with Crippen molar-refractivity contribution in [3.63, 3.8) is 0 Å². The summed E-state index contributed by atoms with van der Waals surface area (Å²) in [7, 11) is 0. The highest BCUT2D eigenvalue weighted by Crippen LogP contribution is 2.25. The van der Waals surface area contributed by atoms with Crippen molar-refractivity contribution in [1.29, 1.82) is 0 Å². The molecule has 2 aromatic rings. The first-order valence-electron chi connectivity index (χ1n) is 9.02. The van der Waals surface area contributed by atoms with Crippen LogP contribution in [-0.2, 0) is 11.2 Å². The molecule has 2 atom stereocenters. The summed E-state index contributed by atoms with van der Waals surface area (Å²) in [5.74, 6) is -0.632. The van der Waals surface area contributed by atoms with Gasteiger partial charge in [-0.1, -0.05) is 0 Å². The van der Waals surface area contributed by atoms with Crippen LogP contribution in [0.1, 0.15) is 31.6 Å². The fourth-order valence-electron chi connectivity index (χ4n) is 3.78. The van der Waals surface area contributed by atoms with E-state index < -0.39 is 11.6 Å². The lowest BCUT2D eigenvalue weighted by Crippen LogP contribution is -2.39. The maximum Gasteiger partial charge on any atom is 0.223 e. The molecule has 0 aliphatic carbocycles. The molecule has 1 N–H and O–H groups in total. The molecule has 138 valence electrons. The second-order valence-electron chi connectivity index (χ2n) is 7.01. The number of rotatable bonds is 4. The molecule has 2 aliphatic heterocycles. The Morgan fingerprint density at radius 1 is 1.27 bits per heavy atom. The van der Waals surface area contributed by atoms with Gasteiger partial charge in [0, 0.05) is 44.1 Å². The minimum Gasteiger partial charge on any atom is -0.441 e. The number of fused-ring (bicyclic) bond motifs is 2. The van der Waals surface area contributed by atoms with E-state index in [0.29, 0.717) is 30.8 Å². The predicted octanol–water partition coefficient (Wildman–Crippen LogP) is 2.91. The summed E-state index contributed by atoms with van der Waals surface area (Å²) >= 11 is 0. The zero-order valence-corrected chi connectivity index (χ0v) is 14.4. The first kappa shape index (κ1) is 17.1. The van der Waals surface area contributed by atoms with Gasteiger partial charge in [-0.15, -0.1) is 0 Å². The van der Waals surface area contributed by atoms with E-state index >= 15 is 0 Å². The molecule has 2 bridgehead atoms. The van der Waals surface area contributed by atoms with Crippen LogP contribution in [-0.4, -0.2) is 41.0 Å². The van der Waals surface area contributed by atoms with Crippen molar-refractivity contribution in [2.24, 2.45) is 0 Å². The van der Waals surface area contributed by atoms with Crippen LogP contribution < -0.4 is 5.32 Å². The number of benzene rings is 1. The Hall–Kier alpha value is -2.28. The maximum absolute atomic E-state index is 13.8. The number of carbonyl (C=O) groups excluding carboxylic acids is 1. The van der Waals surface area contributed by atoms with E-state index in [1.54, 1.807) is 0 Å². The van der Waals surface area contributed by atoms with Gasteiger partial charge in [-0.3, -0.25) is 4.79 Å². The van der Waals surface area contributed by atoms with Crippen LogP contribution in [0.4, 0.5) is 8.78 Å². The lowest BCUT2D eigenvalue weighted by molar-refractivity contribution is -0.131. The summed E-state index contributed by atoms with van der Waals surface area (Å²) < 4.78 is 32.4. The van der Waals surface area contributed by atoms with Gasteiger partial charge in [-0.05, 0) is 31.4 Å². The third kappa shape index (κ3) is 3.62. The molecule has 2 unspecified atom stereocenters. The summed E-state index contributed by atoms with van der Waals surface area (Å²) in [6.45, 7) is 1.54. The topological polar surface area (TPSA) is 58.4 Å². The van der Waals surface area contributed by atoms with E-state index in [9.17, 15) is 13.6 Å². The highest BCUT2D eigenvalue weighted by molar-refractivity contribution is 5.76. The number of carbonyl (C=O) groups is 1. The van der Waals surface area contributed by atoms with Crippen LogP contribution in [0.25, 0.3) is 11.3 Å². The third-order valence-corrected chi connectivity index (χ3v) is 5.18. The smallest absolute Gasteiger partial charge is 0.223 e. The lowest BCUT2D eigenvalue weighted by Gasteiger charge is -2.24. The standard InChI is InChI=1S/C19H21F2N3O2/c20-12-1-4-15(16(21)9-12)17-10-22-18(26-17)5-6-19(25)24-8-7-13-2-3-14(11-24)23-13/h1,4,9-10,13-14,23H,2-3,5-8,11H2. The minimum absolute atomic E-state index is 0.0899. The number of hydrogen-bond donors (Lipinski definition) is 1. The van der Waals surface area contributed by atoms with Crippen LogP contribution in [0.5, 0.6) is 0 Å². The van der Waals surface area contributed by atoms with Crippen LogP contribution >= 0.6 is 0 Å². The number of halogens is 2. The molecule has 0 spiro atoms. The molecular formula is C19H21F2N3O2. The van der Waals surface area contributed by atoms with Crippen molar-refractivity contribution in [2.75, 3.05) is 13.1 Å². The first-order chi connectivity index (χ1) is 12.6. The van der Waals surface area contributed by atoms with Gasteiger partial charge < -0.3 is 14.6 Å². The molecule has 1 aromatic heterocycles. The van der Waals surface area contributed by atoms with Crippen molar-refractivity contribution in [1.82, 2.24) is 15.2 Å². The average molecular weight is 361 g/mol. The second kappa shape index (κ2) is 7.15. The molecule has 0 saturated carbocycles. The summed E-state index contributed by atoms with van der Waals surface area (Å²) in [5, 5.41) is 3.56. The van der Waals surface area contributed by atoms with Gasteiger partial charge >= 0.3 is 0 Å². The zero-order valence-electron chi connectivity index (χ0n) is 14.4. The third-order valence-electron chi connectivity index (χ3n) is 5.18. The van der Waals surface area contributed by atoms with Crippen molar-refractivity contribution in [3.05, 3.63) is 41.9 Å². The number of likely N-dealkylation sites (tertiary alicyclic amines) is 1. The molecular weight excluding hydrogens is 340 g/mol. The molecule has 4 rings (SSSR count). The molecule has 0 radical (unpaired) electrons. The van der Waals surface area contributed by atoms with Crippen LogP contribution in [0.15, 0.2) is 28.8 Å². The van der Waals surface area contributed by atoms with Gasteiger partial charge in [0.15, 0.2) is 11.7 Å². The van der Waals surface area contributed by atoms with Crippen LogP contribution in [0.3, 0.4) is 0 Å². The Morgan fingerprint density at radius 3 is 2.96 bits per heavy atom. The molecule has 2 aliphatic rings. The Labute approximate surface area is 150 Å². The van der Waals surface area contributed by atoms with Crippen molar-refractivity contribution in [3.8, 4) is 11.3 Å². The number of aryl methyl sites for hydroxylation is 1. The van der Waals surface area contributed by atoms with E-state index in [-0.39, 0.29) is 17.2 Å². The molecule has 26 heavy (non-hydrogen) atoms. The Bertz CT molecular complexity index is 808. The number of hydrogen-bond acceptors (Lipinski definition) is 4. The number of nitrogens with one attached hydrogen (secondary N) is 1. The fourth-order valence-corrected chi connectivity index (χ4v) is 3.78. The second-order valence-corrected chi connectivity index (χ2v) is 7.01. The first-order valence-corrected chi connectivity index (χ1v) is 9.02. The Balaban J connectivity index is 1.36. The predicted molar refractivity (Wildman–Crippen MR) is 91.3 cm³/mol. The summed E-state index contributed by atoms with van der Waals surface area (Å²) in [6, 6.07) is 4.24. The molecule has 1 aromatic carbocycles. The molecule has 2 fully saturated rings. The van der Waals surface area contributed by atoms with Gasteiger partial charge in [0.1, 0.15) is 11.6 Å². The van der Waals surface area contributed by atoms with E-state index in [4.69, 9.17) is 4.42 Å². The van der Waals surface area contributed by atoms with E-state index in [1.807, 2.05) is 4.90 Å². The summed E-state index contributed by atoms with van der Waals surface area (Å²) in [5.41, 5.74) is 0.158. The van der Waals surface area contributed by atoms with Crippen molar-refractivity contribution in [2.45, 2.75) is 44.2 Å². The highest BCUT2D eigenvalue weighted by Gasteiger charge is 2.31. The SMILES string of the molecule is O=C(CCc1ncc(-c2ccc(F)cc2F)o1)N1CCC2CCC(C1)N2. The maximum atomic E-state index is 13.8. The Kier molecular flexibility index (Phi) is 4.72. The van der Waals surface area contributed by atoms with Gasteiger partial charge in [0.05, 0.1) is 11.8 Å². The number of nitrogens with zero attached hydrogens (tertiary/aromatic N) is 2. The monoisotopic (exact) mass is 361 g/mol. The van der Waals surface area contributed by atoms with Gasteiger partial charge in [-0.25, -0.2) is 13.8 Å². The molecule has 2 saturated heterocycles. The number of amides is 1. The van der Waals surface area contributed by atoms with E-state index in [0.717, 1.165) is 32.0 Å². The largest absolute Gasteiger partial charge is 0.441 e. The normalized spacial score (nSPS) is 22.5. The van der Waals surface area contributed by atoms with Crippen molar-refractivity contribution >= 4 is 5.91 Å². The molecule has 7 heteroatoms. The number of aromatic nitrogens is 1. The minimum atomic E-state index is -0.698. The van der Waals surface area contributed by atoms with Crippen molar-refractivity contribution < 1.29 is 18.0 Å². The van der Waals surface area contributed by atoms with Crippen LogP contribution in [0.2, 0.25) is 0 Å². The molecule has 3 heterocycles.